The van der Waals surface area contributed by atoms with Gasteiger partial charge in [0.2, 0.25) is 12.4 Å². The normalized spacial score (nSPS) is 23.2. The van der Waals surface area contributed by atoms with Crippen LogP contribution in [0, 0.1) is 21.4 Å². The Labute approximate surface area is 198 Å². The number of non-ortho nitro benzene ring substituents is 1. The highest BCUT2D eigenvalue weighted by atomic mass is 16.7. The van der Waals surface area contributed by atoms with E-state index in [0.717, 1.165) is 45.9 Å². The van der Waals surface area contributed by atoms with E-state index in [9.17, 15) is 34.6 Å². The predicted octanol–water partition coefficient (Wildman–Crippen LogP) is 0.928. The van der Waals surface area contributed by atoms with Gasteiger partial charge < -0.3 is 28.4 Å². The van der Waals surface area contributed by atoms with Crippen LogP contribution in [0.15, 0.2) is 18.2 Å². The minimum atomic E-state index is -1.58. The minimum absolute atomic E-state index is 0.181. The largest absolute Gasteiger partial charge is 0.463 e. The molecule has 35 heavy (non-hydrogen) atoms. The highest BCUT2D eigenvalue weighted by molar-refractivity contribution is 5.68. The van der Waals surface area contributed by atoms with Crippen molar-refractivity contribution in [2.75, 3.05) is 6.61 Å². The summed E-state index contributed by atoms with van der Waals surface area (Å²) in [6.07, 6.45) is -7.21. The molecule has 0 bridgehead atoms. The zero-order valence-electron chi connectivity index (χ0n) is 19.1. The molecule has 1 fully saturated rings. The first-order valence-corrected chi connectivity index (χ1v) is 10.1. The molecular weight excluding hydrogens is 472 g/mol. The van der Waals surface area contributed by atoms with E-state index in [2.05, 4.69) is 0 Å². The third-order valence-corrected chi connectivity index (χ3v) is 4.49. The Morgan fingerprint density at radius 2 is 1.54 bits per heavy atom. The fourth-order valence-electron chi connectivity index (χ4n) is 3.23. The Kier molecular flexibility index (Phi) is 9.06. The van der Waals surface area contributed by atoms with Crippen molar-refractivity contribution in [2.24, 2.45) is 0 Å². The Morgan fingerprint density at radius 1 is 0.971 bits per heavy atom. The van der Waals surface area contributed by atoms with Gasteiger partial charge in [0.15, 0.2) is 12.2 Å². The van der Waals surface area contributed by atoms with Gasteiger partial charge in [-0.15, -0.1) is 0 Å². The second-order valence-electron chi connectivity index (χ2n) is 7.23. The topological polar surface area (TPSA) is 191 Å². The fraction of sp³-hybridized carbons (Fsp3) is 0.476. The van der Waals surface area contributed by atoms with Gasteiger partial charge in [-0.1, -0.05) is 0 Å². The number of rotatable bonds is 8. The lowest BCUT2D eigenvalue weighted by atomic mass is 9.98. The molecule has 0 saturated carbocycles. The zero-order valence-corrected chi connectivity index (χ0v) is 19.1. The maximum absolute atomic E-state index is 11.8. The number of carbonyl (C=O) groups excluding carboxylic acids is 4. The molecule has 14 heteroatoms. The first-order chi connectivity index (χ1) is 16.4. The molecule has 188 valence electrons. The quantitative estimate of drug-likeness (QED) is 0.215. The number of nitro groups is 1. The molecule has 0 aliphatic carbocycles. The van der Waals surface area contributed by atoms with Gasteiger partial charge >= 0.3 is 23.9 Å². The van der Waals surface area contributed by atoms with Crippen LogP contribution in [0.1, 0.15) is 33.3 Å². The molecule has 0 N–H and O–H groups in total. The summed E-state index contributed by atoms with van der Waals surface area (Å²) in [6.45, 7) is 3.85. The number of nitriles is 1. The summed E-state index contributed by atoms with van der Waals surface area (Å²) >= 11 is 0. The van der Waals surface area contributed by atoms with Crippen molar-refractivity contribution in [1.29, 1.82) is 5.26 Å². The van der Waals surface area contributed by atoms with E-state index < -0.39 is 66.1 Å². The third-order valence-electron chi connectivity index (χ3n) is 4.49. The van der Waals surface area contributed by atoms with Gasteiger partial charge in [0.05, 0.1) is 4.92 Å². The van der Waals surface area contributed by atoms with Crippen LogP contribution in [0.3, 0.4) is 0 Å². The summed E-state index contributed by atoms with van der Waals surface area (Å²) in [5.74, 6) is -3.34. The van der Waals surface area contributed by atoms with Gasteiger partial charge in [-0.2, -0.15) is 5.26 Å². The van der Waals surface area contributed by atoms with Crippen molar-refractivity contribution in [1.82, 2.24) is 0 Å². The van der Waals surface area contributed by atoms with E-state index in [0.29, 0.717) is 0 Å². The minimum Gasteiger partial charge on any atom is -0.463 e. The Bertz CT molecular complexity index is 1050. The molecule has 2 rings (SSSR count). The number of hydrogen-bond acceptors (Lipinski definition) is 13. The van der Waals surface area contributed by atoms with Gasteiger partial charge in [0.1, 0.15) is 30.1 Å². The van der Waals surface area contributed by atoms with Crippen molar-refractivity contribution < 1.29 is 52.5 Å². The number of ether oxygens (including phenoxy) is 6. The van der Waals surface area contributed by atoms with E-state index in [-0.39, 0.29) is 17.0 Å². The summed E-state index contributed by atoms with van der Waals surface area (Å²) in [5.41, 5.74) is -0.623. The van der Waals surface area contributed by atoms with E-state index >= 15 is 0 Å². The van der Waals surface area contributed by atoms with Crippen LogP contribution in [0.2, 0.25) is 0 Å². The lowest BCUT2D eigenvalue weighted by molar-refractivity contribution is -0.384. The maximum Gasteiger partial charge on any atom is 0.303 e. The van der Waals surface area contributed by atoms with Crippen LogP contribution in [-0.2, 0) is 42.9 Å². The zero-order chi connectivity index (χ0) is 26.3. The number of carbonyl (C=O) groups is 4. The highest BCUT2D eigenvalue weighted by Crippen LogP contribution is 2.32. The molecule has 0 spiro atoms. The molecule has 1 aromatic carbocycles. The van der Waals surface area contributed by atoms with Gasteiger partial charge in [-0.05, 0) is 6.07 Å². The molecule has 1 saturated heterocycles. The number of nitro benzene ring substituents is 1. The van der Waals surface area contributed by atoms with E-state index in [1.165, 1.54) is 0 Å². The average molecular weight is 494 g/mol. The summed E-state index contributed by atoms with van der Waals surface area (Å²) < 4.78 is 32.2. The highest BCUT2D eigenvalue weighted by Gasteiger charge is 2.53. The Hall–Kier alpha value is -4.25. The lowest BCUT2D eigenvalue weighted by Crippen LogP contribution is -2.63. The molecule has 1 aliphatic rings. The van der Waals surface area contributed by atoms with Gasteiger partial charge in [-0.3, -0.25) is 29.3 Å². The maximum atomic E-state index is 11.8. The summed E-state index contributed by atoms with van der Waals surface area (Å²) in [7, 11) is 0. The standard InChI is InChI=1S/C21H22N2O12/c1-10(24)30-9-17-18(31-11(2)25)19(32-12(3)26)20(33-13(4)27)21(35-17)34-16-6-5-15(23(28)29)7-14(16)8-22/h5-7,17-21H,9H2,1-4H3/t17-,18+,19+,20-,21-/m1/s1. The summed E-state index contributed by atoms with van der Waals surface area (Å²) in [5, 5.41) is 20.4. The molecule has 0 unspecified atom stereocenters. The SMILES string of the molecule is CC(=O)OC[C@H]1O[C@@H](Oc2ccc([N+](=O)[O-])cc2C#N)[C@H](OC(C)=O)[C@@H](OC(C)=O)[C@H]1OC(C)=O. The van der Waals surface area contributed by atoms with Crippen LogP contribution in [0.25, 0.3) is 0 Å². The molecule has 14 nitrogen and oxygen atoms in total. The number of benzene rings is 1. The number of nitrogens with zero attached hydrogens (tertiary/aromatic N) is 2. The summed E-state index contributed by atoms with van der Waals surface area (Å²) in [4.78, 5) is 57.1. The Morgan fingerprint density at radius 3 is 2.06 bits per heavy atom. The van der Waals surface area contributed by atoms with Crippen LogP contribution >= 0.6 is 0 Å². The second-order valence-corrected chi connectivity index (χ2v) is 7.23. The van der Waals surface area contributed by atoms with E-state index in [1.807, 2.05) is 0 Å². The predicted molar refractivity (Wildman–Crippen MR) is 110 cm³/mol. The lowest BCUT2D eigenvalue weighted by Gasteiger charge is -2.43. The fourth-order valence-corrected chi connectivity index (χ4v) is 3.23. The Balaban J connectivity index is 2.53. The number of esters is 4. The smallest absolute Gasteiger partial charge is 0.303 e. The van der Waals surface area contributed by atoms with Crippen molar-refractivity contribution in [2.45, 2.75) is 58.4 Å². The monoisotopic (exact) mass is 494 g/mol. The molecule has 1 heterocycles. The van der Waals surface area contributed by atoms with E-state index in [4.69, 9.17) is 28.4 Å². The van der Waals surface area contributed by atoms with Gasteiger partial charge in [0.25, 0.3) is 5.69 Å². The molecule has 0 aromatic heterocycles. The van der Waals surface area contributed by atoms with Gasteiger partial charge in [0, 0.05) is 39.8 Å². The van der Waals surface area contributed by atoms with Crippen LogP contribution in [0.5, 0.6) is 5.75 Å². The van der Waals surface area contributed by atoms with E-state index in [1.54, 1.807) is 6.07 Å². The van der Waals surface area contributed by atoms with Crippen molar-refractivity contribution >= 4 is 29.6 Å². The summed E-state index contributed by atoms with van der Waals surface area (Å²) in [6, 6.07) is 4.91. The molecular formula is C21H22N2O12. The van der Waals surface area contributed by atoms with Crippen molar-refractivity contribution in [3.63, 3.8) is 0 Å². The first-order valence-electron chi connectivity index (χ1n) is 10.1. The molecule has 0 radical (unpaired) electrons. The second kappa shape index (κ2) is 11.7. The first kappa shape index (κ1) is 27.0. The molecule has 5 atom stereocenters. The molecule has 1 aromatic rings. The third kappa shape index (κ3) is 7.37. The number of hydrogen-bond donors (Lipinski definition) is 0. The molecule has 1 aliphatic heterocycles. The molecule has 0 amide bonds. The van der Waals surface area contributed by atoms with Crippen LogP contribution < -0.4 is 4.74 Å². The van der Waals surface area contributed by atoms with Crippen LogP contribution in [0.4, 0.5) is 5.69 Å². The van der Waals surface area contributed by atoms with Crippen molar-refractivity contribution in [3.8, 4) is 11.8 Å². The average Bonchev–Trinajstić information content (AvgIpc) is 2.75. The van der Waals surface area contributed by atoms with Crippen molar-refractivity contribution in [3.05, 3.63) is 33.9 Å². The van der Waals surface area contributed by atoms with Gasteiger partial charge in [-0.25, -0.2) is 0 Å². The van der Waals surface area contributed by atoms with Crippen LogP contribution in [-0.4, -0.2) is 66.1 Å².